The molecule has 142 valence electrons. The van der Waals surface area contributed by atoms with E-state index in [4.69, 9.17) is 9.47 Å². The van der Waals surface area contributed by atoms with Crippen LogP contribution in [0.2, 0.25) is 0 Å². The van der Waals surface area contributed by atoms with Crippen LogP contribution in [0.1, 0.15) is 49.5 Å². The summed E-state index contributed by atoms with van der Waals surface area (Å²) < 4.78 is 11.0. The summed E-state index contributed by atoms with van der Waals surface area (Å²) in [6.45, 7) is 8.15. The molecule has 2 aliphatic heterocycles. The number of ether oxygens (including phenoxy) is 2. The highest BCUT2D eigenvalue weighted by atomic mass is 16.5. The number of carbonyl (C=O) groups is 2. The summed E-state index contributed by atoms with van der Waals surface area (Å²) in [6.07, 6.45) is 2.17. The summed E-state index contributed by atoms with van der Waals surface area (Å²) in [4.78, 5) is 26.8. The van der Waals surface area contributed by atoms with Crippen molar-refractivity contribution in [1.82, 2.24) is 10.2 Å². The molecule has 1 N–H and O–H groups in total. The number of fused-ring (bicyclic) bond motifs is 1. The van der Waals surface area contributed by atoms with Crippen LogP contribution in [0.5, 0.6) is 5.75 Å². The van der Waals surface area contributed by atoms with Gasteiger partial charge in [-0.3, -0.25) is 4.79 Å². The van der Waals surface area contributed by atoms with Gasteiger partial charge in [0.15, 0.2) is 0 Å². The molecule has 1 aromatic carbocycles. The summed E-state index contributed by atoms with van der Waals surface area (Å²) in [5.74, 6) is 0.277. The van der Waals surface area contributed by atoms with Gasteiger partial charge >= 0.3 is 5.97 Å². The van der Waals surface area contributed by atoms with Gasteiger partial charge in [-0.2, -0.15) is 0 Å². The fourth-order valence-corrected chi connectivity index (χ4v) is 3.77. The molecule has 0 spiro atoms. The van der Waals surface area contributed by atoms with Gasteiger partial charge in [0.05, 0.1) is 7.11 Å². The van der Waals surface area contributed by atoms with Crippen LogP contribution in [0.25, 0.3) is 0 Å². The second kappa shape index (κ2) is 7.27. The Morgan fingerprint density at radius 2 is 1.96 bits per heavy atom. The number of nitrogens with one attached hydrogen (secondary N) is 1. The molecule has 1 amide bonds. The van der Waals surface area contributed by atoms with Gasteiger partial charge in [-0.05, 0) is 55.1 Å². The third-order valence-electron chi connectivity index (χ3n) is 5.05. The summed E-state index contributed by atoms with van der Waals surface area (Å²) in [6, 6.07) is 4.98. The minimum Gasteiger partial charge on any atom is -0.490 e. The second-order valence-corrected chi connectivity index (χ2v) is 8.11. The van der Waals surface area contributed by atoms with Crippen LogP contribution >= 0.6 is 0 Å². The Morgan fingerprint density at radius 1 is 1.27 bits per heavy atom. The second-order valence-electron chi connectivity index (χ2n) is 8.11. The van der Waals surface area contributed by atoms with E-state index in [0.717, 1.165) is 37.2 Å². The number of nitrogens with zero attached hydrogens (tertiary/aromatic N) is 1. The molecule has 6 nitrogen and oxygen atoms in total. The van der Waals surface area contributed by atoms with Gasteiger partial charge in [-0.1, -0.05) is 20.8 Å². The van der Waals surface area contributed by atoms with Crippen LogP contribution in [0, 0.1) is 5.41 Å². The van der Waals surface area contributed by atoms with Crippen molar-refractivity contribution in [3.63, 3.8) is 0 Å². The third kappa shape index (κ3) is 3.70. The van der Waals surface area contributed by atoms with Gasteiger partial charge in [-0.15, -0.1) is 0 Å². The Kier molecular flexibility index (Phi) is 5.23. The molecule has 1 aromatic rings. The summed E-state index contributed by atoms with van der Waals surface area (Å²) in [7, 11) is 1.36. The molecule has 0 radical (unpaired) electrons. The van der Waals surface area contributed by atoms with Gasteiger partial charge in [-0.25, -0.2) is 4.79 Å². The highest BCUT2D eigenvalue weighted by Crippen LogP contribution is 2.34. The number of amides is 1. The minimum absolute atomic E-state index is 0.126. The molecule has 6 heteroatoms. The average molecular weight is 360 g/mol. The van der Waals surface area contributed by atoms with Crippen molar-refractivity contribution in [3.05, 3.63) is 29.3 Å². The van der Waals surface area contributed by atoms with Crippen molar-refractivity contribution in [1.29, 1.82) is 0 Å². The Balaban J connectivity index is 1.80. The predicted molar refractivity (Wildman–Crippen MR) is 98.1 cm³/mol. The van der Waals surface area contributed by atoms with Crippen LogP contribution in [0.15, 0.2) is 18.2 Å². The number of carbonyl (C=O) groups excluding carboxylic acids is 2. The zero-order chi connectivity index (χ0) is 18.9. The number of methoxy groups -OCH3 is 1. The molecule has 0 unspecified atom stereocenters. The number of esters is 1. The van der Waals surface area contributed by atoms with Crippen LogP contribution in [0.4, 0.5) is 0 Å². The Morgan fingerprint density at radius 3 is 2.58 bits per heavy atom. The molecule has 1 saturated heterocycles. The number of benzene rings is 1. The Bertz CT molecular complexity index is 690. The largest absolute Gasteiger partial charge is 0.490 e. The van der Waals surface area contributed by atoms with Gasteiger partial charge in [0.25, 0.3) is 5.91 Å². The summed E-state index contributed by atoms with van der Waals surface area (Å²) in [5, 5.41) is 3.32. The molecule has 1 atom stereocenters. The van der Waals surface area contributed by atoms with E-state index < -0.39 is 11.5 Å². The van der Waals surface area contributed by atoms with E-state index in [9.17, 15) is 9.59 Å². The first-order valence-corrected chi connectivity index (χ1v) is 9.20. The SMILES string of the molecule is COC(=O)[C@@H](N1Cc2cc(OC3CCNCC3)ccc2C1=O)C(C)(C)C. The Labute approximate surface area is 154 Å². The van der Waals surface area contributed by atoms with E-state index in [0.29, 0.717) is 12.1 Å². The molecule has 3 rings (SSSR count). The summed E-state index contributed by atoms with van der Waals surface area (Å²) >= 11 is 0. The molecule has 0 bridgehead atoms. The lowest BCUT2D eigenvalue weighted by atomic mass is 9.85. The summed E-state index contributed by atoms with van der Waals surface area (Å²) in [5.41, 5.74) is 1.12. The van der Waals surface area contributed by atoms with Crippen molar-refractivity contribution >= 4 is 11.9 Å². The van der Waals surface area contributed by atoms with Crippen molar-refractivity contribution < 1.29 is 19.1 Å². The highest BCUT2D eigenvalue weighted by Gasteiger charge is 2.43. The first-order valence-electron chi connectivity index (χ1n) is 9.20. The first-order chi connectivity index (χ1) is 12.3. The monoisotopic (exact) mass is 360 g/mol. The van der Waals surface area contributed by atoms with E-state index in [-0.39, 0.29) is 18.0 Å². The average Bonchev–Trinajstić information content (AvgIpc) is 2.90. The number of hydrogen-bond donors (Lipinski definition) is 1. The molecule has 2 heterocycles. The zero-order valence-electron chi connectivity index (χ0n) is 16.0. The van der Waals surface area contributed by atoms with Gasteiger partial charge in [0.1, 0.15) is 17.9 Å². The lowest BCUT2D eigenvalue weighted by molar-refractivity contribution is -0.150. The lowest BCUT2D eigenvalue weighted by Crippen LogP contribution is -2.50. The van der Waals surface area contributed by atoms with E-state index in [1.165, 1.54) is 7.11 Å². The fraction of sp³-hybridized carbons (Fsp3) is 0.600. The molecule has 0 saturated carbocycles. The Hall–Kier alpha value is -2.08. The molecule has 0 aliphatic carbocycles. The van der Waals surface area contributed by atoms with E-state index in [1.54, 1.807) is 4.90 Å². The number of rotatable bonds is 4. The van der Waals surface area contributed by atoms with Crippen molar-refractivity contribution in [2.45, 2.75) is 52.3 Å². The third-order valence-corrected chi connectivity index (χ3v) is 5.05. The van der Waals surface area contributed by atoms with E-state index in [2.05, 4.69) is 5.32 Å². The lowest BCUT2D eigenvalue weighted by Gasteiger charge is -2.35. The maximum atomic E-state index is 12.9. The quantitative estimate of drug-likeness (QED) is 0.835. The molecule has 0 aromatic heterocycles. The molecular weight excluding hydrogens is 332 g/mol. The van der Waals surface area contributed by atoms with Gasteiger partial charge in [0, 0.05) is 12.1 Å². The first kappa shape index (κ1) is 18.7. The minimum atomic E-state index is -0.624. The maximum Gasteiger partial charge on any atom is 0.329 e. The normalized spacial score (nSPS) is 19.2. The van der Waals surface area contributed by atoms with Crippen LogP contribution in [-0.4, -0.2) is 49.1 Å². The van der Waals surface area contributed by atoms with Crippen LogP contribution < -0.4 is 10.1 Å². The fourth-order valence-electron chi connectivity index (χ4n) is 3.77. The van der Waals surface area contributed by atoms with E-state index in [1.807, 2.05) is 39.0 Å². The zero-order valence-corrected chi connectivity index (χ0v) is 16.0. The van der Waals surface area contributed by atoms with Gasteiger partial charge in [0.2, 0.25) is 0 Å². The topological polar surface area (TPSA) is 67.9 Å². The van der Waals surface area contributed by atoms with Crippen molar-refractivity contribution in [3.8, 4) is 5.75 Å². The van der Waals surface area contributed by atoms with Crippen LogP contribution in [0.3, 0.4) is 0 Å². The number of hydrogen-bond acceptors (Lipinski definition) is 5. The van der Waals surface area contributed by atoms with Crippen molar-refractivity contribution in [2.75, 3.05) is 20.2 Å². The number of piperidine rings is 1. The molecule has 1 fully saturated rings. The molecule has 2 aliphatic rings. The molecule has 26 heavy (non-hydrogen) atoms. The highest BCUT2D eigenvalue weighted by molar-refractivity contribution is 6.00. The maximum absolute atomic E-state index is 12.9. The predicted octanol–water partition coefficient (Wildman–Crippen LogP) is 2.36. The van der Waals surface area contributed by atoms with Crippen molar-refractivity contribution in [2.24, 2.45) is 5.41 Å². The smallest absolute Gasteiger partial charge is 0.329 e. The molecular formula is C20H28N2O4. The van der Waals surface area contributed by atoms with Crippen LogP contribution in [-0.2, 0) is 16.1 Å². The van der Waals surface area contributed by atoms with E-state index >= 15 is 0 Å². The standard InChI is InChI=1S/C20H28N2O4/c1-20(2,3)17(19(24)25-4)22-12-13-11-15(5-6-16(13)18(22)23)26-14-7-9-21-10-8-14/h5-6,11,14,17,21H,7-10,12H2,1-4H3/t17-/m1/s1. The van der Waals surface area contributed by atoms with Gasteiger partial charge < -0.3 is 19.7 Å².